The fraction of sp³-hybridized carbons (Fsp3) is 0.385. The van der Waals surface area contributed by atoms with Crippen LogP contribution in [0.1, 0.15) is 25.5 Å². The minimum atomic E-state index is 0.370. The highest BCUT2D eigenvalue weighted by Crippen LogP contribution is 2.15. The topological polar surface area (TPSA) is 76.8 Å². The molecule has 3 N–H and O–H groups in total. The first-order valence-corrected chi connectivity index (χ1v) is 6.02. The predicted octanol–water partition coefficient (Wildman–Crippen LogP) is 2.16. The number of hydrogen-bond donors (Lipinski definition) is 2. The van der Waals surface area contributed by atoms with Gasteiger partial charge in [-0.15, -0.1) is 0 Å². The van der Waals surface area contributed by atoms with E-state index < -0.39 is 0 Å². The van der Waals surface area contributed by atoms with E-state index >= 15 is 0 Å². The Morgan fingerprint density at radius 3 is 2.94 bits per heavy atom. The van der Waals surface area contributed by atoms with Gasteiger partial charge in [0.05, 0.1) is 0 Å². The van der Waals surface area contributed by atoms with Gasteiger partial charge in [-0.05, 0) is 18.1 Å². The molecule has 2 aromatic rings. The van der Waals surface area contributed by atoms with Crippen molar-refractivity contribution in [3.63, 3.8) is 0 Å². The smallest absolute Gasteiger partial charge is 0.162 e. The van der Waals surface area contributed by atoms with E-state index in [4.69, 9.17) is 10.5 Å². The van der Waals surface area contributed by atoms with Crippen molar-refractivity contribution >= 4 is 5.69 Å². The van der Waals surface area contributed by atoms with Crippen LogP contribution in [0.3, 0.4) is 0 Å². The third kappa shape index (κ3) is 3.48. The van der Waals surface area contributed by atoms with Gasteiger partial charge in [0.1, 0.15) is 12.4 Å². The van der Waals surface area contributed by atoms with Crippen molar-refractivity contribution in [2.75, 3.05) is 5.73 Å². The lowest BCUT2D eigenvalue weighted by Crippen LogP contribution is -1.99. The van der Waals surface area contributed by atoms with Crippen LogP contribution in [0.15, 0.2) is 24.3 Å². The minimum absolute atomic E-state index is 0.370. The summed E-state index contributed by atoms with van der Waals surface area (Å²) in [6.45, 7) is 4.65. The summed E-state index contributed by atoms with van der Waals surface area (Å²) in [5.74, 6) is 2.84. The van der Waals surface area contributed by atoms with Gasteiger partial charge >= 0.3 is 0 Å². The lowest BCUT2D eigenvalue weighted by molar-refractivity contribution is 0.296. The Balaban J connectivity index is 1.92. The van der Waals surface area contributed by atoms with Crippen molar-refractivity contribution in [2.45, 2.75) is 26.9 Å². The summed E-state index contributed by atoms with van der Waals surface area (Å²) in [5.41, 5.74) is 6.36. The first-order chi connectivity index (χ1) is 8.63. The SMILES string of the molecule is CC(C)Cc1n[nH]c(COc2cccc(N)c2)n1. The number of aromatic nitrogens is 3. The van der Waals surface area contributed by atoms with Crippen molar-refractivity contribution in [3.05, 3.63) is 35.9 Å². The Morgan fingerprint density at radius 2 is 2.22 bits per heavy atom. The molecule has 0 bridgehead atoms. The number of anilines is 1. The molecule has 0 spiro atoms. The quantitative estimate of drug-likeness (QED) is 0.793. The van der Waals surface area contributed by atoms with Crippen LogP contribution in [-0.4, -0.2) is 15.2 Å². The van der Waals surface area contributed by atoms with Crippen molar-refractivity contribution in [3.8, 4) is 5.75 Å². The molecule has 1 aromatic heterocycles. The molecule has 18 heavy (non-hydrogen) atoms. The normalized spacial score (nSPS) is 10.8. The highest BCUT2D eigenvalue weighted by Gasteiger charge is 2.06. The number of nitrogens with two attached hydrogens (primary N) is 1. The van der Waals surface area contributed by atoms with Gasteiger partial charge in [0.2, 0.25) is 0 Å². The summed E-state index contributed by atoms with van der Waals surface area (Å²) in [5, 5.41) is 7.02. The molecule has 0 fully saturated rings. The van der Waals surface area contributed by atoms with Gasteiger partial charge < -0.3 is 10.5 Å². The number of nitrogens with zero attached hydrogens (tertiary/aromatic N) is 2. The largest absolute Gasteiger partial charge is 0.486 e. The van der Waals surface area contributed by atoms with Crippen LogP contribution in [0, 0.1) is 5.92 Å². The molecule has 0 aliphatic carbocycles. The number of H-pyrrole nitrogens is 1. The number of nitrogen functional groups attached to an aromatic ring is 1. The molecule has 0 aliphatic rings. The van der Waals surface area contributed by atoms with E-state index in [1.807, 2.05) is 18.2 Å². The number of benzene rings is 1. The summed E-state index contributed by atoms with van der Waals surface area (Å²) in [6.07, 6.45) is 0.870. The molecule has 1 aromatic carbocycles. The standard InChI is InChI=1S/C13H18N4O/c1-9(2)6-12-15-13(17-16-12)8-18-11-5-3-4-10(14)7-11/h3-5,7,9H,6,8,14H2,1-2H3,(H,15,16,17). The molecule has 0 saturated carbocycles. The monoisotopic (exact) mass is 246 g/mol. The second-order valence-electron chi connectivity index (χ2n) is 4.66. The number of ether oxygens (including phenoxy) is 1. The maximum Gasteiger partial charge on any atom is 0.162 e. The zero-order valence-electron chi connectivity index (χ0n) is 10.7. The van der Waals surface area contributed by atoms with Gasteiger partial charge in [-0.1, -0.05) is 19.9 Å². The summed E-state index contributed by atoms with van der Waals surface area (Å²) in [7, 11) is 0. The minimum Gasteiger partial charge on any atom is -0.486 e. The molecule has 0 aliphatic heterocycles. The van der Waals surface area contributed by atoms with Gasteiger partial charge in [0.15, 0.2) is 11.6 Å². The molecule has 0 atom stereocenters. The summed E-state index contributed by atoms with van der Waals surface area (Å²) < 4.78 is 5.58. The fourth-order valence-electron chi connectivity index (χ4n) is 1.61. The highest BCUT2D eigenvalue weighted by molar-refractivity contribution is 5.43. The Bertz CT molecular complexity index is 507. The molecular formula is C13H18N4O. The van der Waals surface area contributed by atoms with Gasteiger partial charge in [0, 0.05) is 18.2 Å². The van der Waals surface area contributed by atoms with E-state index in [1.54, 1.807) is 6.07 Å². The molecule has 0 amide bonds. The maximum absolute atomic E-state index is 5.67. The third-order valence-electron chi connectivity index (χ3n) is 2.40. The summed E-state index contributed by atoms with van der Waals surface area (Å²) in [6, 6.07) is 7.32. The lowest BCUT2D eigenvalue weighted by Gasteiger charge is -2.04. The number of aromatic amines is 1. The Hall–Kier alpha value is -2.04. The van der Waals surface area contributed by atoms with Gasteiger partial charge in [-0.25, -0.2) is 4.98 Å². The van der Waals surface area contributed by atoms with Crippen LogP contribution in [0.5, 0.6) is 5.75 Å². The molecule has 5 nitrogen and oxygen atoms in total. The van der Waals surface area contributed by atoms with Crippen LogP contribution in [0.25, 0.3) is 0 Å². The zero-order chi connectivity index (χ0) is 13.0. The predicted molar refractivity (Wildman–Crippen MR) is 70.1 cm³/mol. The van der Waals surface area contributed by atoms with Crippen LogP contribution >= 0.6 is 0 Å². The zero-order valence-corrected chi connectivity index (χ0v) is 10.7. The van der Waals surface area contributed by atoms with E-state index in [1.165, 1.54) is 0 Å². The molecule has 2 rings (SSSR count). The molecular weight excluding hydrogens is 228 g/mol. The first-order valence-electron chi connectivity index (χ1n) is 6.02. The highest BCUT2D eigenvalue weighted by atomic mass is 16.5. The molecule has 1 heterocycles. The van der Waals surface area contributed by atoms with Gasteiger partial charge in [-0.3, -0.25) is 5.10 Å². The van der Waals surface area contributed by atoms with Crippen LogP contribution in [-0.2, 0) is 13.0 Å². The Labute approximate surface area is 106 Å². The second-order valence-corrected chi connectivity index (χ2v) is 4.66. The average Bonchev–Trinajstić information content (AvgIpc) is 2.73. The lowest BCUT2D eigenvalue weighted by atomic mass is 10.1. The van der Waals surface area contributed by atoms with Crippen LogP contribution in [0.4, 0.5) is 5.69 Å². The van der Waals surface area contributed by atoms with Gasteiger partial charge in [-0.2, -0.15) is 5.10 Å². The molecule has 0 radical (unpaired) electrons. The van der Waals surface area contributed by atoms with Crippen molar-refractivity contribution < 1.29 is 4.74 Å². The van der Waals surface area contributed by atoms with E-state index in [0.717, 1.165) is 23.8 Å². The molecule has 5 heteroatoms. The Morgan fingerprint density at radius 1 is 1.39 bits per heavy atom. The van der Waals surface area contributed by atoms with E-state index in [0.29, 0.717) is 18.2 Å². The van der Waals surface area contributed by atoms with Crippen molar-refractivity contribution in [1.82, 2.24) is 15.2 Å². The first kappa shape index (κ1) is 12.4. The number of nitrogens with one attached hydrogen (secondary N) is 1. The van der Waals surface area contributed by atoms with Crippen molar-refractivity contribution in [1.29, 1.82) is 0 Å². The van der Waals surface area contributed by atoms with E-state index in [-0.39, 0.29) is 0 Å². The van der Waals surface area contributed by atoms with Crippen LogP contribution in [0.2, 0.25) is 0 Å². The summed E-state index contributed by atoms with van der Waals surface area (Å²) >= 11 is 0. The van der Waals surface area contributed by atoms with Gasteiger partial charge in [0.25, 0.3) is 0 Å². The van der Waals surface area contributed by atoms with Crippen molar-refractivity contribution in [2.24, 2.45) is 5.92 Å². The van der Waals surface area contributed by atoms with E-state index in [9.17, 15) is 0 Å². The molecule has 96 valence electrons. The van der Waals surface area contributed by atoms with Crippen LogP contribution < -0.4 is 10.5 Å². The fourth-order valence-corrected chi connectivity index (χ4v) is 1.61. The molecule has 0 saturated heterocycles. The maximum atomic E-state index is 5.67. The second kappa shape index (κ2) is 5.53. The Kier molecular flexibility index (Phi) is 3.82. The number of hydrogen-bond acceptors (Lipinski definition) is 4. The summed E-state index contributed by atoms with van der Waals surface area (Å²) in [4.78, 5) is 4.36. The number of rotatable bonds is 5. The third-order valence-corrected chi connectivity index (χ3v) is 2.40. The molecule has 0 unspecified atom stereocenters. The average molecular weight is 246 g/mol. The van der Waals surface area contributed by atoms with E-state index in [2.05, 4.69) is 29.0 Å².